The molecule has 0 aliphatic carbocycles. The van der Waals surface area contributed by atoms with E-state index in [0.29, 0.717) is 5.56 Å². The molecule has 0 saturated carbocycles. The van der Waals surface area contributed by atoms with Crippen molar-refractivity contribution in [3.05, 3.63) is 53.7 Å². The molecule has 2 heteroatoms. The minimum Gasteiger partial charge on any atom is -0.201 e. The highest BCUT2D eigenvalue weighted by atomic mass is 14.9. The largest absolute Gasteiger partial charge is 0.212 e. The predicted octanol–water partition coefficient (Wildman–Crippen LogP) is 2.36. The zero-order valence-corrected chi connectivity index (χ0v) is 9.44. The molecule has 0 fully saturated rings. The standard InChI is InChI=1S/C14H13N2/c1-11-6-7-12(10-15)9-13(11)14-5-3-4-8-16(14)2/h3-9H,1-2H3/q+1. The summed E-state index contributed by atoms with van der Waals surface area (Å²) in [5.74, 6) is 0. The second kappa shape index (κ2) is 4.16. The Kier molecular flexibility index (Phi) is 2.70. The van der Waals surface area contributed by atoms with Crippen molar-refractivity contribution in [2.45, 2.75) is 6.92 Å². The molecule has 0 aliphatic heterocycles. The number of aryl methyl sites for hydroxylation is 2. The van der Waals surface area contributed by atoms with Gasteiger partial charge in [-0.05, 0) is 30.7 Å². The minimum atomic E-state index is 0.699. The maximum atomic E-state index is 8.91. The van der Waals surface area contributed by atoms with Gasteiger partial charge in [-0.3, -0.25) is 0 Å². The Morgan fingerprint density at radius 3 is 2.69 bits per heavy atom. The summed E-state index contributed by atoms with van der Waals surface area (Å²) in [6, 6.07) is 14.0. The van der Waals surface area contributed by atoms with Crippen LogP contribution in [0.1, 0.15) is 11.1 Å². The molecule has 2 nitrogen and oxygen atoms in total. The van der Waals surface area contributed by atoms with Gasteiger partial charge in [-0.2, -0.15) is 5.26 Å². The molecular formula is C14H13N2+. The predicted molar refractivity (Wildman–Crippen MR) is 62.5 cm³/mol. The lowest BCUT2D eigenvalue weighted by Crippen LogP contribution is -2.30. The smallest absolute Gasteiger partial charge is 0.201 e. The third-order valence-corrected chi connectivity index (χ3v) is 2.70. The molecule has 1 heterocycles. The third kappa shape index (κ3) is 1.80. The molecule has 0 N–H and O–H groups in total. The quantitative estimate of drug-likeness (QED) is 0.662. The summed E-state index contributed by atoms with van der Waals surface area (Å²) in [6.07, 6.45) is 2.01. The molecule has 0 amide bonds. The number of pyridine rings is 1. The summed E-state index contributed by atoms with van der Waals surface area (Å²) in [4.78, 5) is 0. The fraction of sp³-hybridized carbons (Fsp3) is 0.143. The van der Waals surface area contributed by atoms with E-state index in [2.05, 4.69) is 23.6 Å². The average Bonchev–Trinajstić information content (AvgIpc) is 2.31. The maximum Gasteiger partial charge on any atom is 0.212 e. The van der Waals surface area contributed by atoms with Gasteiger partial charge in [-0.15, -0.1) is 0 Å². The molecule has 1 aromatic carbocycles. The zero-order valence-electron chi connectivity index (χ0n) is 9.44. The lowest BCUT2D eigenvalue weighted by molar-refractivity contribution is -0.660. The van der Waals surface area contributed by atoms with Crippen molar-refractivity contribution in [1.82, 2.24) is 0 Å². The highest BCUT2D eigenvalue weighted by molar-refractivity contribution is 5.63. The van der Waals surface area contributed by atoms with Crippen molar-refractivity contribution in [2.24, 2.45) is 7.05 Å². The summed E-state index contributed by atoms with van der Waals surface area (Å²) in [5.41, 5.74) is 4.12. The topological polar surface area (TPSA) is 27.7 Å². The van der Waals surface area contributed by atoms with E-state index in [1.807, 2.05) is 43.6 Å². The first-order valence-corrected chi connectivity index (χ1v) is 5.18. The van der Waals surface area contributed by atoms with E-state index < -0.39 is 0 Å². The Balaban J connectivity index is 2.65. The van der Waals surface area contributed by atoms with Crippen molar-refractivity contribution in [2.75, 3.05) is 0 Å². The van der Waals surface area contributed by atoms with E-state index in [9.17, 15) is 0 Å². The van der Waals surface area contributed by atoms with E-state index in [4.69, 9.17) is 5.26 Å². The van der Waals surface area contributed by atoms with Gasteiger partial charge in [0.2, 0.25) is 5.69 Å². The molecule has 0 bridgehead atoms. The fourth-order valence-electron chi connectivity index (χ4n) is 1.77. The summed E-state index contributed by atoms with van der Waals surface area (Å²) < 4.78 is 2.06. The molecule has 16 heavy (non-hydrogen) atoms. The van der Waals surface area contributed by atoms with E-state index in [-0.39, 0.29) is 0 Å². The van der Waals surface area contributed by atoms with Gasteiger partial charge in [0.05, 0.1) is 17.2 Å². The van der Waals surface area contributed by atoms with Crippen molar-refractivity contribution >= 4 is 0 Å². The monoisotopic (exact) mass is 209 g/mol. The van der Waals surface area contributed by atoms with Gasteiger partial charge in [0, 0.05) is 12.1 Å². The van der Waals surface area contributed by atoms with Crippen LogP contribution < -0.4 is 4.57 Å². The number of benzene rings is 1. The number of nitrogens with zero attached hydrogens (tertiary/aromatic N) is 2. The van der Waals surface area contributed by atoms with Crippen LogP contribution in [0.25, 0.3) is 11.3 Å². The van der Waals surface area contributed by atoms with Crippen LogP contribution >= 0.6 is 0 Å². The molecule has 0 atom stereocenters. The van der Waals surface area contributed by atoms with E-state index in [1.165, 1.54) is 5.56 Å². The zero-order chi connectivity index (χ0) is 11.5. The lowest BCUT2D eigenvalue weighted by Gasteiger charge is -2.04. The SMILES string of the molecule is Cc1ccc(C#N)cc1-c1cccc[n+]1C. The van der Waals surface area contributed by atoms with E-state index >= 15 is 0 Å². The maximum absolute atomic E-state index is 8.91. The Bertz CT molecular complexity index is 565. The molecular weight excluding hydrogens is 196 g/mol. The van der Waals surface area contributed by atoms with Gasteiger partial charge in [-0.1, -0.05) is 6.07 Å². The Morgan fingerprint density at radius 2 is 2.00 bits per heavy atom. The number of hydrogen-bond acceptors (Lipinski definition) is 1. The number of rotatable bonds is 1. The van der Waals surface area contributed by atoms with E-state index in [1.54, 1.807) is 0 Å². The van der Waals surface area contributed by atoms with E-state index in [0.717, 1.165) is 11.3 Å². The average molecular weight is 209 g/mol. The number of hydrogen-bond donors (Lipinski definition) is 0. The highest BCUT2D eigenvalue weighted by Gasteiger charge is 2.11. The Hall–Kier alpha value is -2.14. The van der Waals surface area contributed by atoms with Gasteiger partial charge in [0.25, 0.3) is 0 Å². The first kappa shape index (κ1) is 10.4. The summed E-state index contributed by atoms with van der Waals surface area (Å²) in [7, 11) is 2.01. The third-order valence-electron chi connectivity index (χ3n) is 2.70. The molecule has 2 rings (SSSR count). The second-order valence-corrected chi connectivity index (χ2v) is 3.84. The Morgan fingerprint density at radius 1 is 1.19 bits per heavy atom. The van der Waals surface area contributed by atoms with Gasteiger partial charge >= 0.3 is 0 Å². The molecule has 0 spiro atoms. The van der Waals surface area contributed by atoms with Crippen LogP contribution in [-0.2, 0) is 7.05 Å². The molecule has 0 saturated heterocycles. The second-order valence-electron chi connectivity index (χ2n) is 3.84. The highest BCUT2D eigenvalue weighted by Crippen LogP contribution is 2.21. The van der Waals surface area contributed by atoms with Crippen LogP contribution in [0.2, 0.25) is 0 Å². The Labute approximate surface area is 95.4 Å². The number of nitriles is 1. The number of aromatic nitrogens is 1. The summed E-state index contributed by atoms with van der Waals surface area (Å²) in [5, 5.41) is 8.91. The van der Waals surface area contributed by atoms with Gasteiger partial charge in [0.1, 0.15) is 7.05 Å². The molecule has 2 aromatic rings. The lowest BCUT2D eigenvalue weighted by atomic mass is 10.0. The van der Waals surface area contributed by atoms with Crippen LogP contribution in [0.4, 0.5) is 0 Å². The van der Waals surface area contributed by atoms with Crippen LogP contribution in [-0.4, -0.2) is 0 Å². The molecule has 0 unspecified atom stereocenters. The van der Waals surface area contributed by atoms with Crippen molar-refractivity contribution in [3.63, 3.8) is 0 Å². The summed E-state index contributed by atoms with van der Waals surface area (Å²) in [6.45, 7) is 2.06. The van der Waals surface area contributed by atoms with Crippen LogP contribution in [0.15, 0.2) is 42.6 Å². The van der Waals surface area contributed by atoms with Gasteiger partial charge < -0.3 is 0 Å². The normalized spacial score (nSPS) is 9.81. The van der Waals surface area contributed by atoms with Crippen LogP contribution in [0, 0.1) is 18.3 Å². The van der Waals surface area contributed by atoms with Crippen molar-refractivity contribution < 1.29 is 4.57 Å². The molecule has 1 aromatic heterocycles. The molecule has 0 radical (unpaired) electrons. The first-order chi connectivity index (χ1) is 7.72. The first-order valence-electron chi connectivity index (χ1n) is 5.18. The minimum absolute atomic E-state index is 0.699. The van der Waals surface area contributed by atoms with Crippen LogP contribution in [0.3, 0.4) is 0 Å². The van der Waals surface area contributed by atoms with Crippen molar-refractivity contribution in [3.8, 4) is 17.3 Å². The molecule has 78 valence electrons. The molecule has 0 aliphatic rings. The fourth-order valence-corrected chi connectivity index (χ4v) is 1.77. The van der Waals surface area contributed by atoms with Gasteiger partial charge in [-0.25, -0.2) is 4.57 Å². The van der Waals surface area contributed by atoms with Gasteiger partial charge in [0.15, 0.2) is 6.20 Å². The summed E-state index contributed by atoms with van der Waals surface area (Å²) >= 11 is 0. The van der Waals surface area contributed by atoms with Crippen molar-refractivity contribution in [1.29, 1.82) is 5.26 Å². The van der Waals surface area contributed by atoms with Crippen LogP contribution in [0.5, 0.6) is 0 Å².